The van der Waals surface area contributed by atoms with E-state index >= 15 is 0 Å². The molecule has 94 valence electrons. The molecule has 1 saturated heterocycles. The Morgan fingerprint density at radius 3 is 3.06 bits per heavy atom. The van der Waals surface area contributed by atoms with Crippen LogP contribution in [0.2, 0.25) is 0 Å². The molecule has 6 nitrogen and oxygen atoms in total. The van der Waals surface area contributed by atoms with E-state index in [9.17, 15) is 4.79 Å². The minimum atomic E-state index is -0.426. The Morgan fingerprint density at radius 2 is 2.47 bits per heavy atom. The van der Waals surface area contributed by atoms with E-state index in [0.717, 1.165) is 25.1 Å². The third kappa shape index (κ3) is 2.31. The van der Waals surface area contributed by atoms with Gasteiger partial charge in [0.05, 0.1) is 25.5 Å². The Kier molecular flexibility index (Phi) is 3.73. The molecule has 0 radical (unpaired) electrons. The van der Waals surface area contributed by atoms with Gasteiger partial charge in [-0.05, 0) is 19.3 Å². The van der Waals surface area contributed by atoms with Crippen molar-refractivity contribution in [1.82, 2.24) is 15.0 Å². The maximum Gasteiger partial charge on any atom is 0.360 e. The molecule has 0 spiro atoms. The van der Waals surface area contributed by atoms with E-state index in [0.29, 0.717) is 18.7 Å². The molecular weight excluding hydrogens is 222 g/mol. The average molecular weight is 239 g/mol. The predicted octanol–water partition coefficient (Wildman–Crippen LogP) is 0.979. The first-order chi connectivity index (χ1) is 8.27. The zero-order valence-electron chi connectivity index (χ0n) is 10.2. The maximum atomic E-state index is 11.5. The molecule has 2 heterocycles. The highest BCUT2D eigenvalue weighted by atomic mass is 16.5. The van der Waals surface area contributed by atoms with Crippen LogP contribution in [0.5, 0.6) is 0 Å². The Morgan fingerprint density at radius 1 is 1.65 bits per heavy atom. The molecule has 0 amide bonds. The highest BCUT2D eigenvalue weighted by Gasteiger charge is 2.24. The zero-order chi connectivity index (χ0) is 12.3. The van der Waals surface area contributed by atoms with Gasteiger partial charge in [-0.25, -0.2) is 9.48 Å². The first-order valence-electron chi connectivity index (χ1n) is 5.88. The van der Waals surface area contributed by atoms with E-state index in [-0.39, 0.29) is 6.04 Å². The number of aromatic nitrogens is 3. The van der Waals surface area contributed by atoms with E-state index in [2.05, 4.69) is 10.3 Å². The lowest BCUT2D eigenvalue weighted by Crippen LogP contribution is -2.24. The Bertz CT molecular complexity index is 397. The summed E-state index contributed by atoms with van der Waals surface area (Å²) < 4.78 is 11.9. The van der Waals surface area contributed by atoms with Crippen molar-refractivity contribution in [2.45, 2.75) is 32.2 Å². The summed E-state index contributed by atoms with van der Waals surface area (Å²) in [6, 6.07) is 0.185. The highest BCUT2D eigenvalue weighted by molar-refractivity contribution is 5.88. The number of carbonyl (C=O) groups is 1. The molecule has 1 aromatic heterocycles. The number of hydrogen-bond donors (Lipinski definition) is 0. The van der Waals surface area contributed by atoms with Crippen LogP contribution in [-0.2, 0) is 15.9 Å². The van der Waals surface area contributed by atoms with Crippen LogP contribution in [0.15, 0.2) is 0 Å². The topological polar surface area (TPSA) is 66.2 Å². The number of carbonyl (C=O) groups excluding carboxylic acids is 1. The monoisotopic (exact) mass is 239 g/mol. The number of methoxy groups -OCH3 is 1. The molecule has 0 aromatic carbocycles. The Balaban J connectivity index is 2.27. The Labute approximate surface area is 99.9 Å². The minimum absolute atomic E-state index is 0.185. The van der Waals surface area contributed by atoms with E-state index in [1.165, 1.54) is 7.11 Å². The molecule has 1 aromatic rings. The maximum absolute atomic E-state index is 11.5. The number of hydrogen-bond acceptors (Lipinski definition) is 5. The van der Waals surface area contributed by atoms with Crippen molar-refractivity contribution in [1.29, 1.82) is 0 Å². The first-order valence-corrected chi connectivity index (χ1v) is 5.88. The first kappa shape index (κ1) is 12.0. The molecule has 17 heavy (non-hydrogen) atoms. The number of nitrogens with zero attached hydrogens (tertiary/aromatic N) is 3. The van der Waals surface area contributed by atoms with Crippen LogP contribution in [0, 0.1) is 0 Å². The second-order valence-corrected chi connectivity index (χ2v) is 4.05. The second kappa shape index (κ2) is 5.27. The van der Waals surface area contributed by atoms with E-state index in [1.807, 2.05) is 11.6 Å². The van der Waals surface area contributed by atoms with Crippen molar-refractivity contribution in [3.05, 3.63) is 11.4 Å². The molecule has 1 aliphatic rings. The summed E-state index contributed by atoms with van der Waals surface area (Å²) in [5.74, 6) is -0.426. The van der Waals surface area contributed by atoms with Crippen LogP contribution in [0.25, 0.3) is 0 Å². The van der Waals surface area contributed by atoms with Crippen molar-refractivity contribution in [3.8, 4) is 0 Å². The molecule has 1 fully saturated rings. The smallest absolute Gasteiger partial charge is 0.360 e. The zero-order valence-corrected chi connectivity index (χ0v) is 10.2. The third-order valence-corrected chi connectivity index (χ3v) is 2.99. The van der Waals surface area contributed by atoms with Gasteiger partial charge in [0.2, 0.25) is 0 Å². The summed E-state index contributed by atoms with van der Waals surface area (Å²) in [5, 5.41) is 7.98. The van der Waals surface area contributed by atoms with Crippen LogP contribution >= 0.6 is 0 Å². The second-order valence-electron chi connectivity index (χ2n) is 4.05. The van der Waals surface area contributed by atoms with Gasteiger partial charge in [-0.2, -0.15) is 0 Å². The summed E-state index contributed by atoms with van der Waals surface area (Å²) in [4.78, 5) is 11.5. The molecule has 0 N–H and O–H groups in total. The molecule has 6 heteroatoms. The van der Waals surface area contributed by atoms with Crippen molar-refractivity contribution >= 4 is 5.97 Å². The quantitative estimate of drug-likeness (QED) is 0.735. The fraction of sp³-hybridized carbons (Fsp3) is 0.727. The number of rotatable bonds is 3. The molecule has 0 aliphatic carbocycles. The predicted molar refractivity (Wildman–Crippen MR) is 59.8 cm³/mol. The lowest BCUT2D eigenvalue weighted by atomic mass is 10.1. The molecule has 1 unspecified atom stereocenters. The van der Waals surface area contributed by atoms with Gasteiger partial charge in [0.15, 0.2) is 5.69 Å². The van der Waals surface area contributed by atoms with Gasteiger partial charge in [0.25, 0.3) is 0 Å². The lowest BCUT2D eigenvalue weighted by Gasteiger charge is -2.23. The van der Waals surface area contributed by atoms with Crippen LogP contribution in [0.3, 0.4) is 0 Å². The van der Waals surface area contributed by atoms with Gasteiger partial charge >= 0.3 is 5.97 Å². The van der Waals surface area contributed by atoms with Crippen LogP contribution < -0.4 is 0 Å². The van der Waals surface area contributed by atoms with Gasteiger partial charge in [-0.3, -0.25) is 0 Å². The average Bonchev–Trinajstić information content (AvgIpc) is 2.82. The van der Waals surface area contributed by atoms with Crippen LogP contribution in [-0.4, -0.2) is 41.3 Å². The molecule has 1 aliphatic heterocycles. The van der Waals surface area contributed by atoms with Crippen LogP contribution in [0.1, 0.15) is 42.0 Å². The van der Waals surface area contributed by atoms with Crippen molar-refractivity contribution in [2.75, 3.05) is 20.3 Å². The number of esters is 1. The minimum Gasteiger partial charge on any atom is -0.464 e. The van der Waals surface area contributed by atoms with Crippen LogP contribution in [0.4, 0.5) is 0 Å². The van der Waals surface area contributed by atoms with E-state index in [1.54, 1.807) is 0 Å². The van der Waals surface area contributed by atoms with Gasteiger partial charge in [-0.15, -0.1) is 5.10 Å². The largest absolute Gasteiger partial charge is 0.464 e. The lowest BCUT2D eigenvalue weighted by molar-refractivity contribution is 0.0529. The van der Waals surface area contributed by atoms with Crippen molar-refractivity contribution in [3.63, 3.8) is 0 Å². The van der Waals surface area contributed by atoms with Crippen molar-refractivity contribution < 1.29 is 14.3 Å². The summed E-state index contributed by atoms with van der Waals surface area (Å²) in [5.41, 5.74) is 1.15. The summed E-state index contributed by atoms with van der Waals surface area (Å²) in [6.07, 6.45) is 2.73. The summed E-state index contributed by atoms with van der Waals surface area (Å²) in [6.45, 7) is 3.42. The standard InChI is InChI=1S/C11H17N3O3/c1-3-9-10(11(15)16-2)12-13-14(9)8-5-4-6-17-7-8/h8H,3-7H2,1-2H3. The van der Waals surface area contributed by atoms with Gasteiger partial charge in [0, 0.05) is 6.61 Å². The highest BCUT2D eigenvalue weighted by Crippen LogP contribution is 2.21. The number of ether oxygens (including phenoxy) is 2. The molecule has 0 saturated carbocycles. The van der Waals surface area contributed by atoms with Gasteiger partial charge in [0.1, 0.15) is 0 Å². The fourth-order valence-corrected chi connectivity index (χ4v) is 2.11. The van der Waals surface area contributed by atoms with E-state index < -0.39 is 5.97 Å². The molecule has 2 rings (SSSR count). The molecule has 0 bridgehead atoms. The summed E-state index contributed by atoms with van der Waals surface area (Å²) >= 11 is 0. The van der Waals surface area contributed by atoms with Crippen molar-refractivity contribution in [2.24, 2.45) is 0 Å². The van der Waals surface area contributed by atoms with Gasteiger partial charge in [-0.1, -0.05) is 12.1 Å². The normalized spacial score (nSPS) is 20.2. The summed E-state index contributed by atoms with van der Waals surface area (Å²) in [7, 11) is 1.35. The van der Waals surface area contributed by atoms with E-state index in [4.69, 9.17) is 9.47 Å². The third-order valence-electron chi connectivity index (χ3n) is 2.99. The Hall–Kier alpha value is -1.43. The van der Waals surface area contributed by atoms with Gasteiger partial charge < -0.3 is 9.47 Å². The fourth-order valence-electron chi connectivity index (χ4n) is 2.11. The molecular formula is C11H17N3O3. The molecule has 1 atom stereocenters. The SMILES string of the molecule is CCc1c(C(=O)OC)nnn1C1CCCOC1.